The van der Waals surface area contributed by atoms with E-state index in [0.717, 1.165) is 76.8 Å². The Morgan fingerprint density at radius 1 is 1.21 bits per heavy atom. The number of amides is 1. The Morgan fingerprint density at radius 3 is 2.67 bits per heavy atom. The van der Waals surface area contributed by atoms with Gasteiger partial charge < -0.3 is 14.5 Å². The van der Waals surface area contributed by atoms with Gasteiger partial charge in [-0.3, -0.25) is 9.69 Å². The van der Waals surface area contributed by atoms with Crippen molar-refractivity contribution in [3.05, 3.63) is 11.4 Å². The van der Waals surface area contributed by atoms with E-state index >= 15 is 0 Å². The lowest BCUT2D eigenvalue weighted by Crippen LogP contribution is -2.50. The summed E-state index contributed by atoms with van der Waals surface area (Å²) in [5, 5.41) is 7.75. The Bertz CT molecular complexity index is 542. The van der Waals surface area contributed by atoms with Crippen LogP contribution in [0.2, 0.25) is 0 Å². The number of ether oxygens (including phenoxy) is 1. The standard InChI is InChI=1S/C16H27N5O3/c1-13-15(18-24-17-13)12-20-5-7-21(8-6-20)16(22)14-3-4-19(11-14)9-10-23-2/h14H,3-12H2,1-2H3. The van der Waals surface area contributed by atoms with Crippen LogP contribution in [0.1, 0.15) is 17.8 Å². The average Bonchev–Trinajstić information content (AvgIpc) is 3.23. The van der Waals surface area contributed by atoms with Crippen LogP contribution in [0.25, 0.3) is 0 Å². The zero-order chi connectivity index (χ0) is 16.9. The molecule has 2 aliphatic heterocycles. The van der Waals surface area contributed by atoms with Gasteiger partial charge in [-0.2, -0.15) is 0 Å². The number of piperazine rings is 1. The van der Waals surface area contributed by atoms with Crippen molar-refractivity contribution in [3.8, 4) is 0 Å². The summed E-state index contributed by atoms with van der Waals surface area (Å²) in [6.07, 6.45) is 0.965. The lowest BCUT2D eigenvalue weighted by molar-refractivity contribution is -0.137. The Balaban J connectivity index is 1.43. The molecule has 24 heavy (non-hydrogen) atoms. The maximum absolute atomic E-state index is 12.7. The monoisotopic (exact) mass is 337 g/mol. The highest BCUT2D eigenvalue weighted by Gasteiger charge is 2.32. The number of hydrogen-bond donors (Lipinski definition) is 0. The lowest BCUT2D eigenvalue weighted by Gasteiger charge is -2.35. The van der Waals surface area contributed by atoms with Gasteiger partial charge in [0, 0.05) is 52.9 Å². The molecule has 1 amide bonds. The molecule has 0 saturated carbocycles. The molecule has 0 aromatic carbocycles. The predicted octanol–water partition coefficient (Wildman–Crippen LogP) is -0.00948. The van der Waals surface area contributed by atoms with Crippen molar-refractivity contribution in [2.45, 2.75) is 19.9 Å². The maximum Gasteiger partial charge on any atom is 0.227 e. The van der Waals surface area contributed by atoms with Crippen molar-refractivity contribution in [3.63, 3.8) is 0 Å². The minimum Gasteiger partial charge on any atom is -0.383 e. The first kappa shape index (κ1) is 17.3. The van der Waals surface area contributed by atoms with Crippen LogP contribution < -0.4 is 0 Å². The Labute approximate surface area is 142 Å². The highest BCUT2D eigenvalue weighted by Crippen LogP contribution is 2.20. The van der Waals surface area contributed by atoms with Crippen molar-refractivity contribution in [1.82, 2.24) is 25.0 Å². The van der Waals surface area contributed by atoms with Crippen LogP contribution in [0.4, 0.5) is 0 Å². The van der Waals surface area contributed by atoms with Gasteiger partial charge in [0.2, 0.25) is 5.91 Å². The van der Waals surface area contributed by atoms with E-state index < -0.39 is 0 Å². The second-order valence-corrected chi connectivity index (χ2v) is 6.68. The Morgan fingerprint density at radius 2 is 2.00 bits per heavy atom. The van der Waals surface area contributed by atoms with Crippen molar-refractivity contribution in [2.75, 3.05) is 59.5 Å². The Hall–Kier alpha value is -1.51. The second kappa shape index (κ2) is 8.04. The lowest BCUT2D eigenvalue weighted by atomic mass is 10.1. The average molecular weight is 337 g/mol. The van der Waals surface area contributed by atoms with Gasteiger partial charge in [-0.25, -0.2) is 4.63 Å². The molecule has 0 N–H and O–H groups in total. The molecule has 1 atom stereocenters. The molecular formula is C16H27N5O3. The van der Waals surface area contributed by atoms with Gasteiger partial charge in [-0.15, -0.1) is 0 Å². The highest BCUT2D eigenvalue weighted by atomic mass is 16.6. The van der Waals surface area contributed by atoms with E-state index in [-0.39, 0.29) is 5.92 Å². The molecule has 0 radical (unpaired) electrons. The molecule has 8 heteroatoms. The van der Waals surface area contributed by atoms with Crippen molar-refractivity contribution < 1.29 is 14.2 Å². The largest absolute Gasteiger partial charge is 0.383 e. The number of methoxy groups -OCH3 is 1. The normalized spacial score (nSPS) is 23.1. The smallest absolute Gasteiger partial charge is 0.227 e. The minimum atomic E-state index is 0.149. The summed E-state index contributed by atoms with van der Waals surface area (Å²) in [6, 6.07) is 0. The van der Waals surface area contributed by atoms with Crippen molar-refractivity contribution in [2.24, 2.45) is 5.92 Å². The summed E-state index contributed by atoms with van der Waals surface area (Å²) < 4.78 is 9.87. The topological polar surface area (TPSA) is 74.9 Å². The molecule has 0 bridgehead atoms. The highest BCUT2D eigenvalue weighted by molar-refractivity contribution is 5.79. The van der Waals surface area contributed by atoms with Gasteiger partial charge in [-0.05, 0) is 19.9 Å². The zero-order valence-electron chi connectivity index (χ0n) is 14.6. The third kappa shape index (κ3) is 4.12. The van der Waals surface area contributed by atoms with Crippen molar-refractivity contribution in [1.29, 1.82) is 0 Å². The van der Waals surface area contributed by atoms with Crippen LogP contribution >= 0.6 is 0 Å². The second-order valence-electron chi connectivity index (χ2n) is 6.68. The van der Waals surface area contributed by atoms with Crippen LogP contribution in [-0.4, -0.2) is 90.5 Å². The molecule has 2 fully saturated rings. The molecule has 2 saturated heterocycles. The maximum atomic E-state index is 12.7. The number of likely N-dealkylation sites (tertiary alicyclic amines) is 1. The number of carbonyl (C=O) groups excluding carboxylic acids is 1. The molecule has 0 spiro atoms. The molecular weight excluding hydrogens is 310 g/mol. The van der Waals surface area contributed by atoms with Crippen LogP contribution in [0.3, 0.4) is 0 Å². The first-order valence-electron chi connectivity index (χ1n) is 8.68. The predicted molar refractivity (Wildman–Crippen MR) is 87.3 cm³/mol. The van der Waals surface area contributed by atoms with Crippen LogP contribution in [0.5, 0.6) is 0 Å². The van der Waals surface area contributed by atoms with Gasteiger partial charge in [-0.1, -0.05) is 10.3 Å². The number of nitrogens with zero attached hydrogens (tertiary/aromatic N) is 5. The number of aryl methyl sites for hydroxylation is 1. The van der Waals surface area contributed by atoms with E-state index in [0.29, 0.717) is 5.91 Å². The molecule has 8 nitrogen and oxygen atoms in total. The molecule has 1 aromatic rings. The fraction of sp³-hybridized carbons (Fsp3) is 0.812. The summed E-state index contributed by atoms with van der Waals surface area (Å²) in [5.41, 5.74) is 1.73. The quantitative estimate of drug-likeness (QED) is 0.723. The van der Waals surface area contributed by atoms with E-state index in [2.05, 4.69) is 20.1 Å². The van der Waals surface area contributed by atoms with Gasteiger partial charge >= 0.3 is 0 Å². The third-order valence-corrected chi connectivity index (χ3v) is 5.04. The first-order chi connectivity index (χ1) is 11.7. The molecule has 0 aliphatic carbocycles. The summed E-state index contributed by atoms with van der Waals surface area (Å²) in [4.78, 5) is 19.4. The first-order valence-corrected chi connectivity index (χ1v) is 8.68. The molecule has 134 valence electrons. The van der Waals surface area contributed by atoms with E-state index in [1.54, 1.807) is 7.11 Å². The van der Waals surface area contributed by atoms with Gasteiger partial charge in [0.15, 0.2) is 0 Å². The summed E-state index contributed by atoms with van der Waals surface area (Å²) in [5.74, 6) is 0.462. The van der Waals surface area contributed by atoms with E-state index in [9.17, 15) is 4.79 Å². The Kier molecular flexibility index (Phi) is 5.80. The zero-order valence-corrected chi connectivity index (χ0v) is 14.6. The summed E-state index contributed by atoms with van der Waals surface area (Å²) in [6.45, 7) is 9.48. The molecule has 2 aliphatic rings. The summed E-state index contributed by atoms with van der Waals surface area (Å²) >= 11 is 0. The van der Waals surface area contributed by atoms with E-state index in [1.807, 2.05) is 11.8 Å². The van der Waals surface area contributed by atoms with Crippen LogP contribution in [0, 0.1) is 12.8 Å². The summed E-state index contributed by atoms with van der Waals surface area (Å²) in [7, 11) is 1.72. The van der Waals surface area contributed by atoms with Gasteiger partial charge in [0.1, 0.15) is 11.4 Å². The minimum absolute atomic E-state index is 0.149. The fourth-order valence-corrected chi connectivity index (χ4v) is 3.45. The third-order valence-electron chi connectivity index (χ3n) is 5.04. The molecule has 1 aromatic heterocycles. The van der Waals surface area contributed by atoms with Gasteiger partial charge in [0.25, 0.3) is 0 Å². The molecule has 3 heterocycles. The number of hydrogen-bond acceptors (Lipinski definition) is 7. The van der Waals surface area contributed by atoms with Crippen LogP contribution in [-0.2, 0) is 16.1 Å². The number of aromatic nitrogens is 2. The fourth-order valence-electron chi connectivity index (χ4n) is 3.45. The van der Waals surface area contributed by atoms with Gasteiger partial charge in [0.05, 0.1) is 12.5 Å². The molecule has 3 rings (SSSR count). The SMILES string of the molecule is COCCN1CCC(C(=O)N2CCN(Cc3nonc3C)CC2)C1. The van der Waals surface area contributed by atoms with E-state index in [1.165, 1.54) is 0 Å². The van der Waals surface area contributed by atoms with Crippen molar-refractivity contribution >= 4 is 5.91 Å². The number of rotatable bonds is 6. The van der Waals surface area contributed by atoms with E-state index in [4.69, 9.17) is 9.37 Å². The number of carbonyl (C=O) groups is 1. The van der Waals surface area contributed by atoms with Crippen LogP contribution in [0.15, 0.2) is 4.63 Å². The molecule has 1 unspecified atom stereocenters.